The molecule has 1 saturated carbocycles. The molecule has 1 aromatic rings. The van der Waals surface area contributed by atoms with Crippen LogP contribution in [0.5, 0.6) is 0 Å². The minimum atomic E-state index is -0.0698. The summed E-state index contributed by atoms with van der Waals surface area (Å²) in [5, 5.41) is 0. The average molecular weight is 203 g/mol. The number of hydrogen-bond donors (Lipinski definition) is 0. The van der Waals surface area contributed by atoms with Crippen LogP contribution in [0.25, 0.3) is 0 Å². The number of hydrogen-bond acceptors (Lipinski definition) is 2. The molecule has 0 saturated heterocycles. The lowest BCUT2D eigenvalue weighted by atomic mass is 10.1. The largest absolute Gasteiger partial charge is 0.472 e. The third kappa shape index (κ3) is 2.38. The normalized spacial score (nSPS) is 18.3. The predicted molar refractivity (Wildman–Crippen MR) is 62.1 cm³/mol. The average Bonchev–Trinajstić information content (AvgIpc) is 3.00. The fraction of sp³-hybridized carbons (Fsp3) is 0.462. The maximum Gasteiger partial charge on any atom is 0.171 e. The molecule has 0 amide bonds. The summed E-state index contributed by atoms with van der Waals surface area (Å²) in [5.41, 5.74) is 1.19. The summed E-state index contributed by atoms with van der Waals surface area (Å²) in [5.74, 6) is 0. The molecule has 0 aromatic heterocycles. The van der Waals surface area contributed by atoms with Gasteiger partial charge in [0.25, 0.3) is 0 Å². The Labute approximate surface area is 91.0 Å². The van der Waals surface area contributed by atoms with Crippen LogP contribution in [0.1, 0.15) is 32.3 Å². The van der Waals surface area contributed by atoms with Crippen molar-refractivity contribution in [3.05, 3.63) is 35.9 Å². The molecule has 0 aliphatic heterocycles. The molecule has 0 radical (unpaired) electrons. The molecule has 1 fully saturated rings. The quantitative estimate of drug-likeness (QED) is 0.544. The predicted octanol–water partition coefficient (Wildman–Crippen LogP) is 3.13. The van der Waals surface area contributed by atoms with Crippen LogP contribution in [-0.2, 0) is 10.3 Å². The van der Waals surface area contributed by atoms with Gasteiger partial charge in [0.05, 0.1) is 0 Å². The lowest BCUT2D eigenvalue weighted by Crippen LogP contribution is -2.11. The van der Waals surface area contributed by atoms with Gasteiger partial charge in [-0.1, -0.05) is 30.3 Å². The molecule has 1 aromatic carbocycles. The first kappa shape index (κ1) is 10.2. The van der Waals surface area contributed by atoms with Gasteiger partial charge in [-0.3, -0.25) is 4.99 Å². The summed E-state index contributed by atoms with van der Waals surface area (Å²) in [6.07, 6.45) is 3.81. The molecule has 15 heavy (non-hydrogen) atoms. The van der Waals surface area contributed by atoms with E-state index < -0.39 is 0 Å². The Morgan fingerprint density at radius 2 is 1.93 bits per heavy atom. The van der Waals surface area contributed by atoms with Gasteiger partial charge in [0.1, 0.15) is 5.60 Å². The Bertz CT molecular complexity index is 339. The van der Waals surface area contributed by atoms with Crippen molar-refractivity contribution in [3.63, 3.8) is 0 Å². The van der Waals surface area contributed by atoms with E-state index in [-0.39, 0.29) is 5.60 Å². The lowest BCUT2D eigenvalue weighted by molar-refractivity contribution is 0.177. The van der Waals surface area contributed by atoms with E-state index in [0.29, 0.717) is 6.04 Å². The molecule has 0 spiro atoms. The minimum Gasteiger partial charge on any atom is -0.472 e. The monoisotopic (exact) mass is 203 g/mol. The minimum absolute atomic E-state index is 0.0698. The highest BCUT2D eigenvalue weighted by atomic mass is 16.5. The molecule has 1 aliphatic rings. The number of ether oxygens (including phenoxy) is 1. The second-order valence-corrected chi connectivity index (χ2v) is 4.33. The molecular weight excluding hydrogens is 186 g/mol. The molecule has 2 nitrogen and oxygen atoms in total. The van der Waals surface area contributed by atoms with Crippen LogP contribution < -0.4 is 0 Å². The van der Waals surface area contributed by atoms with E-state index in [4.69, 9.17) is 4.74 Å². The van der Waals surface area contributed by atoms with E-state index in [0.717, 1.165) is 12.8 Å². The van der Waals surface area contributed by atoms with Crippen LogP contribution in [0, 0.1) is 0 Å². The van der Waals surface area contributed by atoms with E-state index >= 15 is 0 Å². The van der Waals surface area contributed by atoms with Gasteiger partial charge in [-0.15, -0.1) is 0 Å². The summed E-state index contributed by atoms with van der Waals surface area (Å²) in [6, 6.07) is 10.7. The van der Waals surface area contributed by atoms with Crippen LogP contribution in [0.2, 0.25) is 0 Å². The number of aliphatic imine (C=N–C) groups is 1. The van der Waals surface area contributed by atoms with Gasteiger partial charge < -0.3 is 4.74 Å². The van der Waals surface area contributed by atoms with Crippen molar-refractivity contribution in [1.82, 2.24) is 0 Å². The van der Waals surface area contributed by atoms with Gasteiger partial charge >= 0.3 is 0 Å². The maximum absolute atomic E-state index is 5.75. The summed E-state index contributed by atoms with van der Waals surface area (Å²) < 4.78 is 5.75. The van der Waals surface area contributed by atoms with Crippen molar-refractivity contribution in [2.45, 2.75) is 38.3 Å². The first-order valence-corrected chi connectivity index (χ1v) is 5.48. The van der Waals surface area contributed by atoms with Gasteiger partial charge in [0.2, 0.25) is 0 Å². The Balaban J connectivity index is 2.03. The molecule has 0 atom stereocenters. The van der Waals surface area contributed by atoms with Crippen LogP contribution in [-0.4, -0.2) is 12.4 Å². The fourth-order valence-electron chi connectivity index (χ4n) is 1.58. The standard InChI is InChI=1S/C13H17NO/c1-11(2)14-10-15-13(8-9-13)12-6-4-3-5-7-12/h3-7,10-11H,8-9H2,1-2H3/b14-10+. The summed E-state index contributed by atoms with van der Waals surface area (Å²) >= 11 is 0. The molecule has 0 heterocycles. The molecular formula is C13H17NO. The Morgan fingerprint density at radius 3 is 2.47 bits per heavy atom. The van der Waals surface area contributed by atoms with Crippen molar-refractivity contribution in [2.75, 3.05) is 0 Å². The van der Waals surface area contributed by atoms with E-state index in [1.165, 1.54) is 5.56 Å². The van der Waals surface area contributed by atoms with Crippen molar-refractivity contribution in [3.8, 4) is 0 Å². The van der Waals surface area contributed by atoms with Crippen LogP contribution >= 0.6 is 0 Å². The lowest BCUT2D eigenvalue weighted by Gasteiger charge is -2.14. The fourth-order valence-corrected chi connectivity index (χ4v) is 1.58. The maximum atomic E-state index is 5.75. The molecule has 2 rings (SSSR count). The van der Waals surface area contributed by atoms with E-state index in [1.54, 1.807) is 6.40 Å². The van der Waals surface area contributed by atoms with Gasteiger partial charge in [0.15, 0.2) is 6.40 Å². The molecule has 0 N–H and O–H groups in total. The third-order valence-electron chi connectivity index (χ3n) is 2.64. The topological polar surface area (TPSA) is 21.6 Å². The second-order valence-electron chi connectivity index (χ2n) is 4.33. The van der Waals surface area contributed by atoms with Crippen molar-refractivity contribution < 1.29 is 4.74 Å². The first-order valence-electron chi connectivity index (χ1n) is 5.48. The van der Waals surface area contributed by atoms with Gasteiger partial charge in [-0.05, 0) is 32.3 Å². The Morgan fingerprint density at radius 1 is 1.27 bits per heavy atom. The highest BCUT2D eigenvalue weighted by molar-refractivity contribution is 5.49. The van der Waals surface area contributed by atoms with Crippen molar-refractivity contribution in [1.29, 1.82) is 0 Å². The Kier molecular flexibility index (Phi) is 2.76. The van der Waals surface area contributed by atoms with E-state index in [1.807, 2.05) is 19.9 Å². The first-order chi connectivity index (χ1) is 7.23. The molecule has 1 aliphatic carbocycles. The molecule has 2 heteroatoms. The zero-order valence-electron chi connectivity index (χ0n) is 9.31. The summed E-state index contributed by atoms with van der Waals surface area (Å²) in [4.78, 5) is 4.23. The highest BCUT2D eigenvalue weighted by Gasteiger charge is 2.46. The van der Waals surface area contributed by atoms with Crippen molar-refractivity contribution >= 4 is 6.40 Å². The molecule has 80 valence electrons. The summed E-state index contributed by atoms with van der Waals surface area (Å²) in [6.45, 7) is 4.09. The SMILES string of the molecule is CC(C)/N=C/OC1(c2ccccc2)CC1. The number of rotatable bonds is 4. The van der Waals surface area contributed by atoms with Crippen LogP contribution in [0.4, 0.5) is 0 Å². The highest BCUT2D eigenvalue weighted by Crippen LogP contribution is 2.48. The molecule has 0 unspecified atom stereocenters. The number of nitrogens with zero attached hydrogens (tertiary/aromatic N) is 1. The molecule has 0 bridgehead atoms. The Hall–Kier alpha value is -1.31. The van der Waals surface area contributed by atoms with Gasteiger partial charge in [-0.2, -0.15) is 0 Å². The number of benzene rings is 1. The third-order valence-corrected chi connectivity index (χ3v) is 2.64. The zero-order chi connectivity index (χ0) is 10.7. The van der Waals surface area contributed by atoms with Gasteiger partial charge in [-0.25, -0.2) is 0 Å². The van der Waals surface area contributed by atoms with Crippen molar-refractivity contribution in [2.24, 2.45) is 4.99 Å². The second kappa shape index (κ2) is 4.05. The van der Waals surface area contributed by atoms with Gasteiger partial charge in [0, 0.05) is 6.04 Å². The smallest absolute Gasteiger partial charge is 0.171 e. The van der Waals surface area contributed by atoms with Crippen LogP contribution in [0.15, 0.2) is 35.3 Å². The van der Waals surface area contributed by atoms with E-state index in [9.17, 15) is 0 Å². The zero-order valence-corrected chi connectivity index (χ0v) is 9.31. The van der Waals surface area contributed by atoms with Crippen LogP contribution in [0.3, 0.4) is 0 Å². The summed E-state index contributed by atoms with van der Waals surface area (Å²) in [7, 11) is 0. The van der Waals surface area contributed by atoms with E-state index in [2.05, 4.69) is 29.3 Å².